The summed E-state index contributed by atoms with van der Waals surface area (Å²) in [6.07, 6.45) is 2.51. The van der Waals surface area contributed by atoms with Crippen LogP contribution in [-0.4, -0.2) is 35.4 Å². The second kappa shape index (κ2) is 8.57. The van der Waals surface area contributed by atoms with Crippen LogP contribution in [0.4, 0.5) is 0 Å². The monoisotopic (exact) mass is 424 g/mol. The number of furan rings is 1. The minimum atomic E-state index is -0.890. The van der Waals surface area contributed by atoms with Crippen molar-refractivity contribution in [3.8, 4) is 0 Å². The molecule has 8 atom stereocenters. The molecule has 2 aliphatic heterocycles. The van der Waals surface area contributed by atoms with Crippen molar-refractivity contribution in [2.75, 3.05) is 0 Å². The van der Waals surface area contributed by atoms with Gasteiger partial charge in [-0.1, -0.05) is 13.8 Å². The summed E-state index contributed by atoms with van der Waals surface area (Å²) in [5.74, 6) is 5.81. The average molecular weight is 424 g/mol. The molecule has 0 radical (unpaired) electrons. The zero-order valence-electron chi connectivity index (χ0n) is 17.7. The third-order valence-electron chi connectivity index (χ3n) is 7.27. The molecule has 1 aromatic heterocycles. The fourth-order valence-corrected chi connectivity index (χ4v) is 5.68. The fourth-order valence-electron chi connectivity index (χ4n) is 5.68. The van der Waals surface area contributed by atoms with E-state index in [1.807, 2.05) is 12.3 Å². The molecule has 3 fully saturated rings. The van der Waals surface area contributed by atoms with Gasteiger partial charge in [-0.05, 0) is 56.6 Å². The topological polar surface area (TPSA) is 125 Å². The molecule has 0 bridgehead atoms. The van der Waals surface area contributed by atoms with E-state index in [1.54, 1.807) is 12.1 Å². The summed E-state index contributed by atoms with van der Waals surface area (Å²) < 4.78 is 24.0. The Bertz CT molecular complexity index is 755. The SMILES string of the molecule is C[C@H]1C(OCc2ccc(C(=O)NN)o2)OC2O[C@@H](C)CCC3[C@H](C)CCC1C23OO. The lowest BCUT2D eigenvalue weighted by molar-refractivity contribution is -0.460. The highest BCUT2D eigenvalue weighted by molar-refractivity contribution is 5.90. The number of rotatable bonds is 5. The summed E-state index contributed by atoms with van der Waals surface area (Å²) in [6.45, 7) is 6.43. The molecule has 0 spiro atoms. The Hall–Kier alpha value is -1.49. The molecule has 9 nitrogen and oxygen atoms in total. The van der Waals surface area contributed by atoms with Gasteiger partial charge in [0.2, 0.25) is 0 Å². The van der Waals surface area contributed by atoms with Gasteiger partial charge in [0.15, 0.2) is 23.9 Å². The molecular weight excluding hydrogens is 392 g/mol. The molecule has 168 valence electrons. The maximum absolute atomic E-state index is 11.6. The Morgan fingerprint density at radius 2 is 1.97 bits per heavy atom. The molecule has 4 N–H and O–H groups in total. The highest BCUT2D eigenvalue weighted by Gasteiger charge is 2.65. The van der Waals surface area contributed by atoms with E-state index in [9.17, 15) is 10.1 Å². The van der Waals surface area contributed by atoms with Gasteiger partial charge in [-0.15, -0.1) is 0 Å². The average Bonchev–Trinajstić information content (AvgIpc) is 3.16. The van der Waals surface area contributed by atoms with Crippen LogP contribution in [0.15, 0.2) is 16.5 Å². The number of amides is 1. The first-order valence-electron chi connectivity index (χ1n) is 10.8. The van der Waals surface area contributed by atoms with Crippen molar-refractivity contribution in [1.29, 1.82) is 0 Å². The Labute approximate surface area is 176 Å². The summed E-state index contributed by atoms with van der Waals surface area (Å²) in [4.78, 5) is 16.9. The van der Waals surface area contributed by atoms with Gasteiger partial charge in [-0.2, -0.15) is 0 Å². The summed E-state index contributed by atoms with van der Waals surface area (Å²) in [5, 5.41) is 10.1. The lowest BCUT2D eigenvalue weighted by atomic mass is 9.58. The number of carbonyl (C=O) groups is 1. The summed E-state index contributed by atoms with van der Waals surface area (Å²) in [7, 11) is 0. The lowest BCUT2D eigenvalue weighted by Gasteiger charge is -2.57. The number of hydrogen-bond donors (Lipinski definition) is 3. The minimum Gasteiger partial charge on any atom is -0.453 e. The van der Waals surface area contributed by atoms with Gasteiger partial charge in [0.25, 0.3) is 0 Å². The third kappa shape index (κ3) is 3.57. The number of ether oxygens (including phenoxy) is 3. The van der Waals surface area contributed by atoms with Crippen LogP contribution in [0.2, 0.25) is 0 Å². The van der Waals surface area contributed by atoms with Crippen molar-refractivity contribution in [2.24, 2.45) is 29.5 Å². The fraction of sp³-hybridized carbons (Fsp3) is 0.762. The van der Waals surface area contributed by atoms with E-state index in [1.165, 1.54) is 0 Å². The van der Waals surface area contributed by atoms with E-state index in [2.05, 4.69) is 13.8 Å². The molecule has 3 aliphatic rings. The number of hydrogen-bond acceptors (Lipinski definition) is 8. The highest BCUT2D eigenvalue weighted by Crippen LogP contribution is 2.56. The van der Waals surface area contributed by atoms with E-state index >= 15 is 0 Å². The van der Waals surface area contributed by atoms with Crippen LogP contribution < -0.4 is 11.3 Å². The van der Waals surface area contributed by atoms with Crippen molar-refractivity contribution in [2.45, 2.75) is 77.3 Å². The molecule has 1 aliphatic carbocycles. The van der Waals surface area contributed by atoms with Gasteiger partial charge in [-0.3, -0.25) is 15.5 Å². The molecule has 9 heteroatoms. The Morgan fingerprint density at radius 1 is 1.20 bits per heavy atom. The second-order valence-corrected chi connectivity index (χ2v) is 8.98. The second-order valence-electron chi connectivity index (χ2n) is 8.98. The molecule has 1 aromatic rings. The first-order valence-corrected chi connectivity index (χ1v) is 10.8. The first-order chi connectivity index (χ1) is 14.4. The largest absolute Gasteiger partial charge is 0.453 e. The molecule has 30 heavy (non-hydrogen) atoms. The van der Waals surface area contributed by atoms with Gasteiger partial charge in [-0.25, -0.2) is 10.7 Å². The molecule has 1 saturated carbocycles. The number of carbonyl (C=O) groups excluding carboxylic acids is 1. The van der Waals surface area contributed by atoms with E-state index < -0.39 is 24.1 Å². The molecular formula is C21H32N2O7. The van der Waals surface area contributed by atoms with E-state index in [0.717, 1.165) is 25.7 Å². The zero-order valence-corrected chi connectivity index (χ0v) is 17.7. The lowest BCUT2D eigenvalue weighted by Crippen LogP contribution is -2.67. The van der Waals surface area contributed by atoms with Crippen molar-refractivity contribution < 1.29 is 33.6 Å². The van der Waals surface area contributed by atoms with Crippen LogP contribution in [0.25, 0.3) is 0 Å². The predicted molar refractivity (Wildman–Crippen MR) is 105 cm³/mol. The third-order valence-corrected chi connectivity index (χ3v) is 7.27. The molecule has 2 saturated heterocycles. The van der Waals surface area contributed by atoms with E-state index in [-0.39, 0.29) is 36.2 Å². The Kier molecular flexibility index (Phi) is 6.20. The minimum absolute atomic E-state index is 0.00283. The zero-order chi connectivity index (χ0) is 21.5. The first kappa shape index (κ1) is 21.7. The number of nitrogen functional groups attached to an aromatic ring is 1. The van der Waals surface area contributed by atoms with Crippen molar-refractivity contribution in [3.63, 3.8) is 0 Å². The molecule has 0 aromatic carbocycles. The van der Waals surface area contributed by atoms with Crippen LogP contribution in [0.5, 0.6) is 0 Å². The van der Waals surface area contributed by atoms with Crippen LogP contribution >= 0.6 is 0 Å². The molecule has 4 rings (SSSR count). The normalized spacial score (nSPS) is 41.0. The summed E-state index contributed by atoms with van der Waals surface area (Å²) in [5.41, 5.74) is 1.14. The van der Waals surface area contributed by atoms with Crippen LogP contribution in [0.3, 0.4) is 0 Å². The standard InChI is InChI=1S/C21H32N2O7/c1-11-4-7-16-13(3)19(26-10-14-6-9-17(28-14)18(24)23-22)29-20-21(16,30-25)15(11)8-5-12(2)27-20/h6,9,11-13,15-16,19-20,25H,4-5,7-8,10,22H2,1-3H3,(H,23,24)/t11-,12+,13-,15?,16?,19?,20?,21?/m1/s1. The van der Waals surface area contributed by atoms with E-state index in [4.69, 9.17) is 29.4 Å². The smallest absolute Gasteiger partial charge is 0.300 e. The quantitative estimate of drug-likeness (QED) is 0.285. The van der Waals surface area contributed by atoms with E-state index in [0.29, 0.717) is 11.7 Å². The van der Waals surface area contributed by atoms with Crippen LogP contribution in [0.1, 0.15) is 62.8 Å². The molecule has 5 unspecified atom stereocenters. The number of hydrazine groups is 1. The van der Waals surface area contributed by atoms with Gasteiger partial charge >= 0.3 is 5.91 Å². The van der Waals surface area contributed by atoms with Crippen molar-refractivity contribution >= 4 is 5.91 Å². The van der Waals surface area contributed by atoms with Crippen LogP contribution in [0, 0.1) is 23.7 Å². The maximum atomic E-state index is 11.6. The van der Waals surface area contributed by atoms with Crippen molar-refractivity contribution in [1.82, 2.24) is 5.43 Å². The number of nitrogens with one attached hydrogen (secondary N) is 1. The van der Waals surface area contributed by atoms with Gasteiger partial charge in [0.1, 0.15) is 12.4 Å². The van der Waals surface area contributed by atoms with Gasteiger partial charge in [0.05, 0.1) is 6.10 Å². The van der Waals surface area contributed by atoms with Crippen LogP contribution in [-0.2, 0) is 25.7 Å². The van der Waals surface area contributed by atoms with Gasteiger partial charge in [0, 0.05) is 11.8 Å². The Balaban J connectivity index is 1.53. The summed E-state index contributed by atoms with van der Waals surface area (Å²) in [6, 6.07) is 3.21. The predicted octanol–water partition coefficient (Wildman–Crippen LogP) is 2.81. The highest BCUT2D eigenvalue weighted by atomic mass is 17.1. The summed E-state index contributed by atoms with van der Waals surface area (Å²) >= 11 is 0. The number of nitrogens with two attached hydrogens (primary N) is 1. The molecule has 1 amide bonds. The maximum Gasteiger partial charge on any atom is 0.300 e. The van der Waals surface area contributed by atoms with Crippen molar-refractivity contribution in [3.05, 3.63) is 23.7 Å². The molecule has 3 heterocycles. The van der Waals surface area contributed by atoms with Gasteiger partial charge < -0.3 is 18.6 Å². The Morgan fingerprint density at radius 3 is 2.70 bits per heavy atom.